The number of nitrogens with one attached hydrogen (secondary N) is 1. The molecule has 6 nitrogen and oxygen atoms in total. The van der Waals surface area contributed by atoms with Crippen molar-refractivity contribution in [2.75, 3.05) is 13.6 Å². The first-order valence-electron chi connectivity index (χ1n) is 4.92. The lowest BCUT2D eigenvalue weighted by molar-refractivity contribution is -0.131. The zero-order valence-electron chi connectivity index (χ0n) is 9.69. The molecule has 88 valence electrons. The third kappa shape index (κ3) is 4.16. The van der Waals surface area contributed by atoms with Crippen LogP contribution in [-0.4, -0.2) is 47.5 Å². The Kier molecular flexibility index (Phi) is 5.69. The zero-order chi connectivity index (χ0) is 12.0. The monoisotopic (exact) mass is 216 g/mol. The molecule has 0 saturated heterocycles. The van der Waals surface area contributed by atoms with Crippen LogP contribution in [0.3, 0.4) is 0 Å². The number of nitrogens with zero attached hydrogens (tertiary/aromatic N) is 2. The Morgan fingerprint density at radius 1 is 1.53 bits per heavy atom. The fourth-order valence-corrected chi connectivity index (χ4v) is 1.10. The maximum atomic E-state index is 11.6. The van der Waals surface area contributed by atoms with Crippen molar-refractivity contribution in [2.45, 2.75) is 32.9 Å². The standard InChI is InChI=1S/C9H20N4O2/c1-5-13(4)9(14)7(3)11-6(2)8(10)12-15/h6-7,11,15H,5H2,1-4H3,(H2,10,12). The summed E-state index contributed by atoms with van der Waals surface area (Å²) < 4.78 is 0. The van der Waals surface area contributed by atoms with Crippen molar-refractivity contribution < 1.29 is 10.0 Å². The number of rotatable bonds is 5. The van der Waals surface area contributed by atoms with Gasteiger partial charge in [-0.05, 0) is 20.8 Å². The van der Waals surface area contributed by atoms with Gasteiger partial charge >= 0.3 is 0 Å². The van der Waals surface area contributed by atoms with Gasteiger partial charge in [0.15, 0.2) is 5.84 Å². The summed E-state index contributed by atoms with van der Waals surface area (Å²) in [4.78, 5) is 13.2. The average molecular weight is 216 g/mol. The zero-order valence-corrected chi connectivity index (χ0v) is 9.69. The van der Waals surface area contributed by atoms with Crippen LogP contribution in [0.25, 0.3) is 0 Å². The molecule has 0 rings (SSSR count). The first-order valence-corrected chi connectivity index (χ1v) is 4.92. The summed E-state index contributed by atoms with van der Waals surface area (Å²) >= 11 is 0. The van der Waals surface area contributed by atoms with Gasteiger partial charge in [-0.2, -0.15) is 0 Å². The van der Waals surface area contributed by atoms with Crippen LogP contribution in [0.15, 0.2) is 5.16 Å². The Bertz CT molecular complexity index is 242. The van der Waals surface area contributed by atoms with Crippen molar-refractivity contribution in [1.29, 1.82) is 0 Å². The topological polar surface area (TPSA) is 91.0 Å². The summed E-state index contributed by atoms with van der Waals surface area (Å²) in [7, 11) is 1.73. The molecule has 0 aromatic carbocycles. The largest absolute Gasteiger partial charge is 0.409 e. The summed E-state index contributed by atoms with van der Waals surface area (Å²) in [6, 6.07) is -0.690. The van der Waals surface area contributed by atoms with E-state index in [4.69, 9.17) is 10.9 Å². The van der Waals surface area contributed by atoms with Gasteiger partial charge in [0, 0.05) is 13.6 Å². The number of oxime groups is 1. The van der Waals surface area contributed by atoms with Crippen LogP contribution >= 0.6 is 0 Å². The summed E-state index contributed by atoms with van der Waals surface area (Å²) in [5, 5.41) is 14.3. The first-order chi connectivity index (χ1) is 6.93. The second kappa shape index (κ2) is 6.23. The predicted octanol–water partition coefficient (Wildman–Crippen LogP) is -0.422. The summed E-state index contributed by atoms with van der Waals surface area (Å²) in [6.07, 6.45) is 0. The molecule has 0 aliphatic heterocycles. The van der Waals surface area contributed by atoms with E-state index in [1.165, 1.54) is 0 Å². The minimum Gasteiger partial charge on any atom is -0.409 e. The predicted molar refractivity (Wildman–Crippen MR) is 58.8 cm³/mol. The van der Waals surface area contributed by atoms with Crippen molar-refractivity contribution in [3.05, 3.63) is 0 Å². The van der Waals surface area contributed by atoms with Crippen molar-refractivity contribution in [1.82, 2.24) is 10.2 Å². The van der Waals surface area contributed by atoms with Gasteiger partial charge in [0.2, 0.25) is 5.91 Å². The molecule has 0 saturated carbocycles. The Balaban J connectivity index is 4.24. The van der Waals surface area contributed by atoms with E-state index >= 15 is 0 Å². The normalized spacial score (nSPS) is 15.9. The van der Waals surface area contributed by atoms with E-state index in [2.05, 4.69) is 10.5 Å². The van der Waals surface area contributed by atoms with Gasteiger partial charge in [0.1, 0.15) is 0 Å². The second-order valence-corrected chi connectivity index (χ2v) is 3.49. The molecule has 6 heteroatoms. The highest BCUT2D eigenvalue weighted by molar-refractivity contribution is 5.86. The lowest BCUT2D eigenvalue weighted by atomic mass is 10.2. The Hall–Kier alpha value is -1.30. The van der Waals surface area contributed by atoms with Crippen LogP contribution in [0, 0.1) is 0 Å². The Labute approximate surface area is 90.1 Å². The number of amidine groups is 1. The van der Waals surface area contributed by atoms with Crippen LogP contribution in [0.5, 0.6) is 0 Å². The van der Waals surface area contributed by atoms with Crippen molar-refractivity contribution in [3.63, 3.8) is 0 Å². The quantitative estimate of drug-likeness (QED) is 0.252. The fourth-order valence-electron chi connectivity index (χ4n) is 1.10. The van der Waals surface area contributed by atoms with E-state index < -0.39 is 0 Å². The van der Waals surface area contributed by atoms with Crippen LogP contribution in [0.4, 0.5) is 0 Å². The molecule has 15 heavy (non-hydrogen) atoms. The van der Waals surface area contributed by atoms with Crippen molar-refractivity contribution in [3.8, 4) is 0 Å². The molecule has 1 amide bonds. The molecule has 4 N–H and O–H groups in total. The lowest BCUT2D eigenvalue weighted by Gasteiger charge is -2.23. The lowest BCUT2D eigenvalue weighted by Crippen LogP contribution is -2.50. The fraction of sp³-hybridized carbons (Fsp3) is 0.778. The second-order valence-electron chi connectivity index (χ2n) is 3.49. The summed E-state index contributed by atoms with van der Waals surface area (Å²) in [6.45, 7) is 6.03. The van der Waals surface area contributed by atoms with Gasteiger partial charge in [-0.15, -0.1) is 0 Å². The number of likely N-dealkylation sites (N-methyl/N-ethyl adjacent to an activating group) is 1. The van der Waals surface area contributed by atoms with Gasteiger partial charge in [0.25, 0.3) is 0 Å². The Morgan fingerprint density at radius 3 is 2.47 bits per heavy atom. The highest BCUT2D eigenvalue weighted by Gasteiger charge is 2.19. The molecule has 0 radical (unpaired) electrons. The molecule has 0 spiro atoms. The molecule has 0 bridgehead atoms. The van der Waals surface area contributed by atoms with Crippen molar-refractivity contribution in [2.24, 2.45) is 10.9 Å². The van der Waals surface area contributed by atoms with Gasteiger partial charge in [-0.25, -0.2) is 0 Å². The van der Waals surface area contributed by atoms with Crippen LogP contribution < -0.4 is 11.1 Å². The van der Waals surface area contributed by atoms with Crippen LogP contribution in [0.1, 0.15) is 20.8 Å². The number of amides is 1. The molecule has 2 atom stereocenters. The molecule has 0 fully saturated rings. The average Bonchev–Trinajstić information content (AvgIpc) is 2.25. The number of hydrogen-bond donors (Lipinski definition) is 3. The van der Waals surface area contributed by atoms with Crippen molar-refractivity contribution >= 4 is 11.7 Å². The molecule has 0 aromatic rings. The first kappa shape index (κ1) is 13.7. The van der Waals surface area contributed by atoms with E-state index in [9.17, 15) is 4.79 Å². The molecule has 0 heterocycles. The minimum absolute atomic E-state index is 0.0184. The molecule has 0 aromatic heterocycles. The molecule has 0 aliphatic rings. The Morgan fingerprint density at radius 2 is 2.07 bits per heavy atom. The van der Waals surface area contributed by atoms with Gasteiger partial charge in [-0.1, -0.05) is 5.16 Å². The third-order valence-corrected chi connectivity index (χ3v) is 2.28. The van der Waals surface area contributed by atoms with E-state index in [1.54, 1.807) is 25.8 Å². The van der Waals surface area contributed by atoms with Crippen LogP contribution in [0.2, 0.25) is 0 Å². The minimum atomic E-state index is -0.356. The van der Waals surface area contributed by atoms with E-state index in [0.29, 0.717) is 6.54 Å². The molecular formula is C9H20N4O2. The van der Waals surface area contributed by atoms with Crippen LogP contribution in [-0.2, 0) is 4.79 Å². The maximum Gasteiger partial charge on any atom is 0.239 e. The molecule has 0 aliphatic carbocycles. The number of carbonyl (C=O) groups excluding carboxylic acids is 1. The smallest absolute Gasteiger partial charge is 0.239 e. The van der Waals surface area contributed by atoms with Gasteiger partial charge < -0.3 is 15.8 Å². The SMILES string of the molecule is CCN(C)C(=O)C(C)NC(C)C(N)=NO. The summed E-state index contributed by atoms with van der Waals surface area (Å²) in [5.74, 6) is 0.0453. The number of carbonyl (C=O) groups is 1. The summed E-state index contributed by atoms with van der Waals surface area (Å²) in [5.41, 5.74) is 5.39. The van der Waals surface area contributed by atoms with E-state index in [0.717, 1.165) is 0 Å². The van der Waals surface area contributed by atoms with E-state index in [-0.39, 0.29) is 23.8 Å². The third-order valence-electron chi connectivity index (χ3n) is 2.28. The highest BCUT2D eigenvalue weighted by Crippen LogP contribution is 1.94. The van der Waals surface area contributed by atoms with E-state index in [1.807, 2.05) is 6.92 Å². The number of hydrogen-bond acceptors (Lipinski definition) is 4. The molecular weight excluding hydrogens is 196 g/mol. The van der Waals surface area contributed by atoms with Gasteiger partial charge in [-0.3, -0.25) is 10.1 Å². The maximum absolute atomic E-state index is 11.6. The van der Waals surface area contributed by atoms with Gasteiger partial charge in [0.05, 0.1) is 12.1 Å². The molecule has 2 unspecified atom stereocenters. The number of nitrogens with two attached hydrogens (primary N) is 1. The highest BCUT2D eigenvalue weighted by atomic mass is 16.4.